The molecule has 3 N–H and O–H groups in total. The Balaban J connectivity index is 2.05. The molecule has 1 heterocycles. The van der Waals surface area contributed by atoms with Gasteiger partial charge in [0.25, 0.3) is 0 Å². The van der Waals surface area contributed by atoms with Crippen LogP contribution in [-0.4, -0.2) is 21.2 Å². The Kier molecular flexibility index (Phi) is 3.83. The highest BCUT2D eigenvalue weighted by Crippen LogP contribution is 2.18. The number of aryl methyl sites for hydroxylation is 1. The number of benzene rings is 1. The van der Waals surface area contributed by atoms with Crippen molar-refractivity contribution in [2.24, 2.45) is 5.73 Å². The number of aromatic amines is 1. The number of carbonyl (C=O) groups excluding carboxylic acids is 1. The summed E-state index contributed by atoms with van der Waals surface area (Å²) in [4.78, 5) is 25.5. The average Bonchev–Trinajstić information content (AvgIpc) is 2.64. The average molecular weight is 277 g/mol. The van der Waals surface area contributed by atoms with Gasteiger partial charge >= 0.3 is 11.8 Å². The fourth-order valence-electron chi connectivity index (χ4n) is 2.32. The number of nitrogens with one attached hydrogen (secondary N) is 1. The number of hydrogen-bond acceptors (Lipinski definition) is 3. The number of ether oxygens (including phenoxy) is 1. The number of rotatable bonds is 5. The summed E-state index contributed by atoms with van der Waals surface area (Å²) in [5, 5.41) is 0. The van der Waals surface area contributed by atoms with Crippen molar-refractivity contribution in [3.05, 3.63) is 34.7 Å². The summed E-state index contributed by atoms with van der Waals surface area (Å²) in [6.07, 6.45) is 0.559. The Bertz CT molecular complexity index is 670. The third-order valence-electron chi connectivity index (χ3n) is 3.22. The zero-order chi connectivity index (χ0) is 14.8. The van der Waals surface area contributed by atoms with Gasteiger partial charge in [-0.15, -0.1) is 0 Å². The second kappa shape index (κ2) is 5.40. The quantitative estimate of drug-likeness (QED) is 0.875. The van der Waals surface area contributed by atoms with Gasteiger partial charge < -0.3 is 15.5 Å². The highest BCUT2D eigenvalue weighted by Gasteiger charge is 2.21. The van der Waals surface area contributed by atoms with Crippen molar-refractivity contribution < 1.29 is 9.53 Å². The maximum atomic E-state index is 11.9. The topological polar surface area (TPSA) is 90.1 Å². The first-order chi connectivity index (χ1) is 9.39. The van der Waals surface area contributed by atoms with E-state index in [2.05, 4.69) is 4.98 Å². The van der Waals surface area contributed by atoms with E-state index in [0.29, 0.717) is 19.4 Å². The van der Waals surface area contributed by atoms with Gasteiger partial charge in [-0.25, -0.2) is 9.59 Å². The van der Waals surface area contributed by atoms with Gasteiger partial charge in [-0.3, -0.25) is 4.57 Å². The molecule has 108 valence electrons. The van der Waals surface area contributed by atoms with Crippen molar-refractivity contribution in [2.45, 2.75) is 38.8 Å². The molecular formula is C14H19N3O3. The molecule has 0 bridgehead atoms. The largest absolute Gasteiger partial charge is 0.444 e. The molecule has 0 fully saturated rings. The Morgan fingerprint density at radius 3 is 2.80 bits per heavy atom. The lowest BCUT2D eigenvalue weighted by Gasteiger charge is -2.23. The number of amides is 1. The number of nitrogens with two attached hydrogens (primary N) is 1. The molecule has 0 radical (unpaired) electrons. The van der Waals surface area contributed by atoms with E-state index in [1.165, 1.54) is 0 Å². The lowest BCUT2D eigenvalue weighted by atomic mass is 10.0. The highest BCUT2D eigenvalue weighted by atomic mass is 16.6. The molecule has 20 heavy (non-hydrogen) atoms. The summed E-state index contributed by atoms with van der Waals surface area (Å²) in [5.41, 5.74) is 5.98. The van der Waals surface area contributed by atoms with E-state index in [0.717, 1.165) is 11.0 Å². The Hall–Kier alpha value is -2.24. The second-order valence-corrected chi connectivity index (χ2v) is 5.38. The minimum Gasteiger partial charge on any atom is -0.444 e. The van der Waals surface area contributed by atoms with Gasteiger partial charge in [0.05, 0.1) is 11.0 Å². The normalized spacial score (nSPS) is 11.7. The minimum atomic E-state index is -0.778. The molecular weight excluding hydrogens is 258 g/mol. The number of imidazole rings is 1. The van der Waals surface area contributed by atoms with Crippen LogP contribution in [0.4, 0.5) is 4.79 Å². The monoisotopic (exact) mass is 277 g/mol. The fourth-order valence-corrected chi connectivity index (χ4v) is 2.32. The van der Waals surface area contributed by atoms with Crippen LogP contribution in [0, 0.1) is 0 Å². The minimum absolute atomic E-state index is 0.125. The molecule has 1 amide bonds. The number of para-hydroxylation sites is 2. The van der Waals surface area contributed by atoms with Crippen LogP contribution in [0.15, 0.2) is 29.1 Å². The molecule has 2 rings (SSSR count). The molecule has 1 aromatic carbocycles. The maximum absolute atomic E-state index is 11.9. The molecule has 0 aliphatic heterocycles. The maximum Gasteiger partial charge on any atom is 0.405 e. The van der Waals surface area contributed by atoms with Crippen molar-refractivity contribution in [3.8, 4) is 0 Å². The van der Waals surface area contributed by atoms with Crippen LogP contribution in [0.1, 0.15) is 26.7 Å². The summed E-state index contributed by atoms with van der Waals surface area (Å²) >= 11 is 0. The van der Waals surface area contributed by atoms with Gasteiger partial charge in [-0.2, -0.15) is 0 Å². The number of carbonyl (C=O) groups is 1. The number of H-pyrrole nitrogens is 1. The zero-order valence-electron chi connectivity index (χ0n) is 11.7. The van der Waals surface area contributed by atoms with Crippen LogP contribution in [-0.2, 0) is 11.3 Å². The summed E-state index contributed by atoms with van der Waals surface area (Å²) in [6, 6.07) is 7.55. The third kappa shape index (κ3) is 3.20. The Labute approximate surface area is 116 Å². The van der Waals surface area contributed by atoms with E-state index < -0.39 is 11.7 Å². The highest BCUT2D eigenvalue weighted by molar-refractivity contribution is 5.74. The van der Waals surface area contributed by atoms with E-state index in [1.807, 2.05) is 24.3 Å². The third-order valence-corrected chi connectivity index (χ3v) is 3.22. The number of primary amides is 1. The first-order valence-corrected chi connectivity index (χ1v) is 6.55. The van der Waals surface area contributed by atoms with Gasteiger partial charge in [0.15, 0.2) is 0 Å². The summed E-state index contributed by atoms with van der Waals surface area (Å²) < 4.78 is 6.71. The van der Waals surface area contributed by atoms with Crippen molar-refractivity contribution in [3.63, 3.8) is 0 Å². The standard InChI is InChI=1S/C14H19N3O3/c1-14(2,20-12(15)18)8-5-9-17-11-7-4-3-6-10(11)16-13(17)19/h3-4,6-7H,5,8-9H2,1-2H3,(H2,15,18)(H,16,19). The molecule has 0 aliphatic rings. The lowest BCUT2D eigenvalue weighted by molar-refractivity contribution is 0.0369. The predicted molar refractivity (Wildman–Crippen MR) is 76.5 cm³/mol. The van der Waals surface area contributed by atoms with Crippen LogP contribution in [0.3, 0.4) is 0 Å². The van der Waals surface area contributed by atoms with Crippen molar-refractivity contribution in [1.82, 2.24) is 9.55 Å². The van der Waals surface area contributed by atoms with Crippen molar-refractivity contribution >= 4 is 17.1 Å². The Morgan fingerprint density at radius 1 is 1.40 bits per heavy atom. The van der Waals surface area contributed by atoms with Crippen molar-refractivity contribution in [2.75, 3.05) is 0 Å². The zero-order valence-corrected chi connectivity index (χ0v) is 11.7. The Morgan fingerprint density at radius 2 is 2.10 bits per heavy atom. The van der Waals surface area contributed by atoms with Gasteiger partial charge in [-0.05, 0) is 38.8 Å². The molecule has 6 nitrogen and oxygen atoms in total. The van der Waals surface area contributed by atoms with Gasteiger partial charge in [0.1, 0.15) is 5.60 Å². The smallest absolute Gasteiger partial charge is 0.405 e. The molecule has 0 saturated heterocycles. The summed E-state index contributed by atoms with van der Waals surface area (Å²) in [6.45, 7) is 4.17. The molecule has 0 spiro atoms. The summed E-state index contributed by atoms with van der Waals surface area (Å²) in [5.74, 6) is 0. The SMILES string of the molecule is CC(C)(CCCn1c(=O)[nH]c2ccccc21)OC(N)=O. The number of aromatic nitrogens is 2. The van der Waals surface area contributed by atoms with E-state index in [4.69, 9.17) is 10.5 Å². The van der Waals surface area contributed by atoms with E-state index in [1.54, 1.807) is 18.4 Å². The molecule has 1 aromatic heterocycles. The number of fused-ring (bicyclic) bond motifs is 1. The second-order valence-electron chi connectivity index (χ2n) is 5.38. The number of hydrogen-bond donors (Lipinski definition) is 2. The fraction of sp³-hybridized carbons (Fsp3) is 0.429. The number of nitrogens with zero attached hydrogens (tertiary/aromatic N) is 1. The molecule has 2 aromatic rings. The summed E-state index contributed by atoms with van der Waals surface area (Å²) in [7, 11) is 0. The molecule has 6 heteroatoms. The lowest BCUT2D eigenvalue weighted by Crippen LogP contribution is -2.31. The van der Waals surface area contributed by atoms with Crippen LogP contribution in [0.2, 0.25) is 0 Å². The van der Waals surface area contributed by atoms with Gasteiger partial charge in [0.2, 0.25) is 0 Å². The van der Waals surface area contributed by atoms with Crippen LogP contribution in [0.25, 0.3) is 11.0 Å². The van der Waals surface area contributed by atoms with Crippen molar-refractivity contribution in [1.29, 1.82) is 0 Å². The van der Waals surface area contributed by atoms with Crippen LogP contribution >= 0.6 is 0 Å². The molecule has 0 aliphatic carbocycles. The van der Waals surface area contributed by atoms with E-state index >= 15 is 0 Å². The molecule has 0 atom stereocenters. The molecule has 0 unspecified atom stereocenters. The first-order valence-electron chi connectivity index (χ1n) is 6.55. The first kappa shape index (κ1) is 14.2. The van der Waals surface area contributed by atoms with Gasteiger partial charge in [-0.1, -0.05) is 12.1 Å². The van der Waals surface area contributed by atoms with Crippen LogP contribution in [0.5, 0.6) is 0 Å². The van der Waals surface area contributed by atoms with E-state index in [9.17, 15) is 9.59 Å². The van der Waals surface area contributed by atoms with Gasteiger partial charge in [0, 0.05) is 6.54 Å². The molecule has 0 saturated carbocycles. The van der Waals surface area contributed by atoms with E-state index in [-0.39, 0.29) is 5.69 Å². The van der Waals surface area contributed by atoms with Crippen LogP contribution < -0.4 is 11.4 Å². The predicted octanol–water partition coefficient (Wildman–Crippen LogP) is 1.98.